The van der Waals surface area contributed by atoms with Crippen molar-refractivity contribution >= 4 is 0 Å². The predicted molar refractivity (Wildman–Crippen MR) is 52.0 cm³/mol. The first-order valence-corrected chi connectivity index (χ1v) is 5.24. The van der Waals surface area contributed by atoms with Crippen LogP contribution < -0.4 is 0 Å². The third kappa shape index (κ3) is 2.22. The van der Waals surface area contributed by atoms with Crippen molar-refractivity contribution in [3.63, 3.8) is 0 Å². The molecule has 0 aromatic rings. The van der Waals surface area contributed by atoms with Crippen LogP contribution in [0.5, 0.6) is 0 Å². The maximum atomic E-state index is 10.1. The van der Waals surface area contributed by atoms with Crippen molar-refractivity contribution in [3.05, 3.63) is 0 Å². The Morgan fingerprint density at radius 2 is 2.08 bits per heavy atom. The summed E-state index contributed by atoms with van der Waals surface area (Å²) in [6, 6.07) is 2.16. The van der Waals surface area contributed by atoms with Crippen LogP contribution in [0.3, 0.4) is 0 Å². The molecule has 1 fully saturated rings. The standard InChI is InChI=1S/C11H19NO/c1-3-10-4-6-11(13,7-5-10)9(2)8-12/h9-10,13H,3-7H2,1-2H3. The molecule has 1 atom stereocenters. The van der Waals surface area contributed by atoms with E-state index in [1.807, 2.05) is 6.92 Å². The van der Waals surface area contributed by atoms with Gasteiger partial charge in [-0.25, -0.2) is 0 Å². The van der Waals surface area contributed by atoms with Gasteiger partial charge in [0.1, 0.15) is 0 Å². The molecule has 1 unspecified atom stereocenters. The summed E-state index contributed by atoms with van der Waals surface area (Å²) >= 11 is 0. The lowest BCUT2D eigenvalue weighted by Crippen LogP contribution is -2.39. The molecule has 74 valence electrons. The van der Waals surface area contributed by atoms with Crippen LogP contribution in [0.25, 0.3) is 0 Å². The first-order valence-electron chi connectivity index (χ1n) is 5.24. The van der Waals surface area contributed by atoms with Gasteiger partial charge in [-0.1, -0.05) is 13.3 Å². The number of nitriles is 1. The van der Waals surface area contributed by atoms with Crippen LogP contribution in [-0.4, -0.2) is 10.7 Å². The van der Waals surface area contributed by atoms with Crippen molar-refractivity contribution in [3.8, 4) is 6.07 Å². The van der Waals surface area contributed by atoms with Crippen molar-refractivity contribution in [2.24, 2.45) is 11.8 Å². The lowest BCUT2D eigenvalue weighted by molar-refractivity contribution is -0.0368. The number of rotatable bonds is 2. The molecule has 0 aromatic carbocycles. The van der Waals surface area contributed by atoms with Gasteiger partial charge in [-0.3, -0.25) is 0 Å². The zero-order chi connectivity index (χ0) is 9.90. The molecular weight excluding hydrogens is 162 g/mol. The summed E-state index contributed by atoms with van der Waals surface area (Å²) < 4.78 is 0. The smallest absolute Gasteiger partial charge is 0.0802 e. The Bertz CT molecular complexity index is 199. The topological polar surface area (TPSA) is 44.0 Å². The second kappa shape index (κ2) is 4.11. The van der Waals surface area contributed by atoms with Gasteiger partial charge in [-0.05, 0) is 38.5 Å². The number of hydrogen-bond donors (Lipinski definition) is 1. The summed E-state index contributed by atoms with van der Waals surface area (Å²) in [6.07, 6.45) is 4.98. The Morgan fingerprint density at radius 3 is 2.46 bits per heavy atom. The average Bonchev–Trinajstić information content (AvgIpc) is 2.18. The fourth-order valence-corrected chi connectivity index (χ4v) is 2.14. The SMILES string of the molecule is CCC1CCC(O)(C(C)C#N)CC1. The van der Waals surface area contributed by atoms with Gasteiger partial charge >= 0.3 is 0 Å². The zero-order valence-electron chi connectivity index (χ0n) is 8.58. The molecular formula is C11H19NO. The van der Waals surface area contributed by atoms with Gasteiger partial charge in [0.25, 0.3) is 0 Å². The highest BCUT2D eigenvalue weighted by molar-refractivity contribution is 4.98. The van der Waals surface area contributed by atoms with Crippen molar-refractivity contribution < 1.29 is 5.11 Å². The van der Waals surface area contributed by atoms with Gasteiger partial charge in [0.05, 0.1) is 17.6 Å². The molecule has 13 heavy (non-hydrogen) atoms. The van der Waals surface area contributed by atoms with Gasteiger partial charge in [-0.15, -0.1) is 0 Å². The molecule has 2 nitrogen and oxygen atoms in total. The van der Waals surface area contributed by atoms with Crippen LogP contribution in [0, 0.1) is 23.2 Å². The summed E-state index contributed by atoms with van der Waals surface area (Å²) in [5.74, 6) is 0.552. The van der Waals surface area contributed by atoms with E-state index in [2.05, 4.69) is 13.0 Å². The molecule has 1 aliphatic carbocycles. The van der Waals surface area contributed by atoms with Gasteiger partial charge in [0, 0.05) is 0 Å². The Hall–Kier alpha value is -0.550. The van der Waals surface area contributed by atoms with Crippen molar-refractivity contribution in [2.45, 2.75) is 51.6 Å². The minimum atomic E-state index is -0.694. The number of hydrogen-bond acceptors (Lipinski definition) is 2. The normalized spacial score (nSPS) is 36.6. The molecule has 0 bridgehead atoms. The van der Waals surface area contributed by atoms with E-state index in [9.17, 15) is 5.11 Å². The first-order chi connectivity index (χ1) is 6.12. The second-order valence-corrected chi connectivity index (χ2v) is 4.31. The van der Waals surface area contributed by atoms with Gasteiger partial charge in [0.15, 0.2) is 0 Å². The fraction of sp³-hybridized carbons (Fsp3) is 0.909. The lowest BCUT2D eigenvalue weighted by Gasteiger charge is -2.37. The third-order valence-corrected chi connectivity index (χ3v) is 3.55. The average molecular weight is 181 g/mol. The Morgan fingerprint density at radius 1 is 1.54 bits per heavy atom. The summed E-state index contributed by atoms with van der Waals surface area (Å²) in [4.78, 5) is 0. The summed E-state index contributed by atoms with van der Waals surface area (Å²) in [6.45, 7) is 4.02. The molecule has 0 radical (unpaired) electrons. The van der Waals surface area contributed by atoms with E-state index < -0.39 is 5.60 Å². The van der Waals surface area contributed by atoms with Crippen LogP contribution in [0.4, 0.5) is 0 Å². The maximum absolute atomic E-state index is 10.1. The number of nitrogens with zero attached hydrogens (tertiary/aromatic N) is 1. The van der Waals surface area contributed by atoms with E-state index in [4.69, 9.17) is 5.26 Å². The Labute approximate surface area is 80.6 Å². The van der Waals surface area contributed by atoms with Gasteiger partial charge in [0.2, 0.25) is 0 Å². The van der Waals surface area contributed by atoms with Crippen molar-refractivity contribution in [1.82, 2.24) is 0 Å². The Balaban J connectivity index is 2.52. The van der Waals surface area contributed by atoms with E-state index in [0.717, 1.165) is 31.6 Å². The maximum Gasteiger partial charge on any atom is 0.0802 e. The van der Waals surface area contributed by atoms with Crippen LogP contribution in [0.1, 0.15) is 46.0 Å². The summed E-state index contributed by atoms with van der Waals surface area (Å²) in [5.41, 5.74) is -0.694. The molecule has 2 heteroatoms. The third-order valence-electron chi connectivity index (χ3n) is 3.55. The highest BCUT2D eigenvalue weighted by Crippen LogP contribution is 2.37. The molecule has 0 amide bonds. The van der Waals surface area contributed by atoms with Crippen LogP contribution >= 0.6 is 0 Å². The van der Waals surface area contributed by atoms with Crippen LogP contribution in [-0.2, 0) is 0 Å². The van der Waals surface area contributed by atoms with E-state index in [1.54, 1.807) is 0 Å². The molecule has 0 aliphatic heterocycles. The number of aliphatic hydroxyl groups is 1. The molecule has 1 rings (SSSR count). The molecule has 0 aromatic heterocycles. The highest BCUT2D eigenvalue weighted by Gasteiger charge is 2.37. The van der Waals surface area contributed by atoms with E-state index >= 15 is 0 Å². The summed E-state index contributed by atoms with van der Waals surface area (Å²) in [5, 5.41) is 18.9. The van der Waals surface area contributed by atoms with Crippen LogP contribution in [0.15, 0.2) is 0 Å². The first kappa shape index (κ1) is 10.5. The molecule has 1 N–H and O–H groups in total. The van der Waals surface area contributed by atoms with Gasteiger partial charge < -0.3 is 5.11 Å². The van der Waals surface area contributed by atoms with E-state index in [-0.39, 0.29) is 5.92 Å². The quantitative estimate of drug-likeness (QED) is 0.711. The lowest BCUT2D eigenvalue weighted by atomic mass is 9.72. The highest BCUT2D eigenvalue weighted by atomic mass is 16.3. The van der Waals surface area contributed by atoms with E-state index in [0.29, 0.717) is 0 Å². The Kier molecular flexibility index (Phi) is 3.33. The fourth-order valence-electron chi connectivity index (χ4n) is 2.14. The molecule has 0 heterocycles. The molecule has 1 aliphatic rings. The molecule has 0 saturated heterocycles. The molecule has 1 saturated carbocycles. The minimum absolute atomic E-state index is 0.217. The van der Waals surface area contributed by atoms with Crippen molar-refractivity contribution in [2.75, 3.05) is 0 Å². The van der Waals surface area contributed by atoms with Gasteiger partial charge in [-0.2, -0.15) is 5.26 Å². The van der Waals surface area contributed by atoms with Crippen molar-refractivity contribution in [1.29, 1.82) is 5.26 Å². The minimum Gasteiger partial charge on any atom is -0.389 e. The second-order valence-electron chi connectivity index (χ2n) is 4.31. The molecule has 0 spiro atoms. The monoisotopic (exact) mass is 181 g/mol. The van der Waals surface area contributed by atoms with Crippen LogP contribution in [0.2, 0.25) is 0 Å². The largest absolute Gasteiger partial charge is 0.389 e. The predicted octanol–water partition coefficient (Wildman–Crippen LogP) is 2.48. The summed E-state index contributed by atoms with van der Waals surface area (Å²) in [7, 11) is 0. The van der Waals surface area contributed by atoms with E-state index in [1.165, 1.54) is 6.42 Å². The zero-order valence-corrected chi connectivity index (χ0v) is 8.58.